The summed E-state index contributed by atoms with van der Waals surface area (Å²) in [6.45, 7) is 3.74. The van der Waals surface area contributed by atoms with E-state index in [1.165, 1.54) is 36.4 Å². The van der Waals surface area contributed by atoms with Gasteiger partial charge in [0.1, 0.15) is 10.6 Å². The Hall–Kier alpha value is -2.37. The maximum absolute atomic E-state index is 11.9. The average molecular weight is 491 g/mol. The normalized spacial score (nSPS) is 10.9. The summed E-state index contributed by atoms with van der Waals surface area (Å²) < 4.78 is 50.1. The second-order valence-electron chi connectivity index (χ2n) is 6.19. The van der Waals surface area contributed by atoms with Gasteiger partial charge in [-0.25, -0.2) is 8.42 Å². The summed E-state index contributed by atoms with van der Waals surface area (Å²) in [6.07, 6.45) is 0. The molecule has 0 aliphatic rings. The first-order valence-corrected chi connectivity index (χ1v) is 11.3. The van der Waals surface area contributed by atoms with Crippen molar-refractivity contribution in [1.82, 2.24) is 0 Å². The number of sulfonamides is 1. The van der Waals surface area contributed by atoms with Crippen molar-refractivity contribution in [3.8, 4) is 5.75 Å². The Morgan fingerprint density at radius 2 is 1.20 bits per heavy atom. The van der Waals surface area contributed by atoms with Crippen LogP contribution in [0.5, 0.6) is 5.75 Å². The fraction of sp³-hybridized carbons (Fsp3) is 0.100. The zero-order valence-electron chi connectivity index (χ0n) is 16.1. The van der Waals surface area contributed by atoms with Crippen molar-refractivity contribution >= 4 is 25.8 Å². The van der Waals surface area contributed by atoms with Crippen LogP contribution in [-0.2, 0) is 36.9 Å². The average Bonchev–Trinajstić information content (AvgIpc) is 2.62. The minimum atomic E-state index is -3.83. The fourth-order valence-corrected chi connectivity index (χ4v) is 3.56. The summed E-state index contributed by atoms with van der Waals surface area (Å²) in [4.78, 5) is 0.145. The number of hydrogen-bond acceptors (Lipinski definition) is 5. The molecule has 0 bridgehead atoms. The van der Waals surface area contributed by atoms with Gasteiger partial charge in [-0.2, -0.15) is 8.42 Å². The zero-order chi connectivity index (χ0) is 21.7. The molecule has 3 aromatic carbocycles. The van der Waals surface area contributed by atoms with Gasteiger partial charge in [0, 0.05) is 4.90 Å². The second-order valence-corrected chi connectivity index (χ2v) is 9.22. The van der Waals surface area contributed by atoms with Gasteiger partial charge in [0.25, 0.3) is 0 Å². The standard InChI is InChI=1S/C13H12NO3S.C7H8NO2S.Co/c1-10-5-7-13(8-6-10)18(15,16)17-12-4-2-3-11(14)9-12;1-6-2-4-7(5-3-6)11(8,9)10;/h2-9,14H,1H3;2-5H,1H3,(H-,8,9,10);/q2*-1;+2. The van der Waals surface area contributed by atoms with Gasteiger partial charge in [0.05, 0.1) is 10.0 Å². The minimum Gasteiger partial charge on any atom is -0.699 e. The topological polar surface area (TPSA) is 125 Å². The van der Waals surface area contributed by atoms with Crippen LogP contribution in [0.25, 0.3) is 10.9 Å². The SMILES string of the molecule is Cc1ccc(S(=O)(=O)Oc2cccc([NH-])c2)cc1.Cc1ccc(S([NH-])(=O)=O)cc1.[Co+2]. The van der Waals surface area contributed by atoms with Gasteiger partial charge in [0.2, 0.25) is 0 Å². The smallest absolute Gasteiger partial charge is 0.699 e. The van der Waals surface area contributed by atoms with Crippen LogP contribution < -0.4 is 4.18 Å². The Kier molecular flexibility index (Phi) is 9.06. The summed E-state index contributed by atoms with van der Waals surface area (Å²) in [5, 5.41) is 6.72. The van der Waals surface area contributed by atoms with Gasteiger partial charge >= 0.3 is 26.9 Å². The Labute approximate surface area is 187 Å². The van der Waals surface area contributed by atoms with Gasteiger partial charge in [-0.05, 0) is 50.2 Å². The molecule has 7 nitrogen and oxygen atoms in total. The number of rotatable bonds is 4. The van der Waals surface area contributed by atoms with Gasteiger partial charge in [-0.3, -0.25) is 0 Å². The van der Waals surface area contributed by atoms with E-state index in [1.54, 1.807) is 36.4 Å². The molecule has 0 heterocycles. The first kappa shape index (κ1) is 25.7. The molecule has 0 amide bonds. The van der Waals surface area contributed by atoms with Crippen LogP contribution >= 0.6 is 0 Å². The molecule has 0 saturated carbocycles. The minimum absolute atomic E-state index is 0. The largest absolute Gasteiger partial charge is 2.00 e. The van der Waals surface area contributed by atoms with Crippen molar-refractivity contribution < 1.29 is 37.8 Å². The molecule has 0 aliphatic carbocycles. The van der Waals surface area contributed by atoms with E-state index >= 15 is 0 Å². The molecule has 3 aromatic rings. The van der Waals surface area contributed by atoms with E-state index in [1.807, 2.05) is 13.8 Å². The summed E-state index contributed by atoms with van der Waals surface area (Å²) in [5.41, 5.74) is 9.56. The van der Waals surface area contributed by atoms with Crippen molar-refractivity contribution in [2.24, 2.45) is 0 Å². The molecule has 0 saturated heterocycles. The molecule has 10 heteroatoms. The van der Waals surface area contributed by atoms with E-state index in [0.717, 1.165) is 11.1 Å². The molecule has 0 spiro atoms. The maximum Gasteiger partial charge on any atom is 2.00 e. The van der Waals surface area contributed by atoms with Gasteiger partial charge in [-0.1, -0.05) is 47.5 Å². The molecule has 30 heavy (non-hydrogen) atoms. The van der Waals surface area contributed by atoms with Crippen LogP contribution in [0.3, 0.4) is 0 Å². The summed E-state index contributed by atoms with van der Waals surface area (Å²) in [5.74, 6) is 0.142. The molecule has 0 unspecified atom stereocenters. The van der Waals surface area contributed by atoms with Crippen LogP contribution in [0.2, 0.25) is 0 Å². The predicted octanol–water partition coefficient (Wildman–Crippen LogP) is 5.18. The first-order chi connectivity index (χ1) is 13.5. The van der Waals surface area contributed by atoms with Gasteiger partial charge in [0.15, 0.2) is 0 Å². The summed E-state index contributed by atoms with van der Waals surface area (Å²) >= 11 is 0. The molecular weight excluding hydrogens is 471 g/mol. The van der Waals surface area contributed by atoms with Crippen LogP contribution in [-0.4, -0.2) is 16.8 Å². The Balaban J connectivity index is 0.000000324. The number of aryl methyl sites for hydroxylation is 2. The van der Waals surface area contributed by atoms with Crippen LogP contribution in [0.1, 0.15) is 11.1 Å². The van der Waals surface area contributed by atoms with Crippen molar-refractivity contribution in [1.29, 1.82) is 0 Å². The summed E-state index contributed by atoms with van der Waals surface area (Å²) in [7, 11) is -7.60. The number of nitrogens with one attached hydrogen (secondary N) is 2. The van der Waals surface area contributed by atoms with E-state index < -0.39 is 20.1 Å². The van der Waals surface area contributed by atoms with E-state index in [2.05, 4.69) is 0 Å². The molecule has 3 rings (SSSR count). The van der Waals surface area contributed by atoms with E-state index in [9.17, 15) is 16.8 Å². The van der Waals surface area contributed by atoms with Gasteiger partial charge < -0.3 is 15.1 Å². The predicted molar refractivity (Wildman–Crippen MR) is 112 cm³/mol. The van der Waals surface area contributed by atoms with Crippen LogP contribution in [0.15, 0.2) is 82.6 Å². The Bertz CT molecular complexity index is 1180. The molecule has 2 N–H and O–H groups in total. The van der Waals surface area contributed by atoms with E-state index in [0.29, 0.717) is 0 Å². The zero-order valence-corrected chi connectivity index (χ0v) is 18.8. The third-order valence-corrected chi connectivity index (χ3v) is 5.84. The molecule has 0 fully saturated rings. The molecule has 0 aromatic heterocycles. The van der Waals surface area contributed by atoms with Crippen LogP contribution in [0.4, 0.5) is 5.69 Å². The van der Waals surface area contributed by atoms with Crippen LogP contribution in [0, 0.1) is 13.8 Å². The monoisotopic (exact) mass is 491 g/mol. The van der Waals surface area contributed by atoms with E-state index in [-0.39, 0.29) is 38.0 Å². The molecule has 0 atom stereocenters. The molecular formula is C20H20CoN2O5S2. The third-order valence-electron chi connectivity index (χ3n) is 3.68. The Morgan fingerprint density at radius 1 is 0.733 bits per heavy atom. The number of benzene rings is 3. The quantitative estimate of drug-likeness (QED) is 0.465. The van der Waals surface area contributed by atoms with Crippen molar-refractivity contribution in [3.63, 3.8) is 0 Å². The summed E-state index contributed by atoms with van der Waals surface area (Å²) in [6, 6.07) is 18.6. The second kappa shape index (κ2) is 10.6. The third kappa shape index (κ3) is 7.80. The van der Waals surface area contributed by atoms with Crippen molar-refractivity contribution in [2.75, 3.05) is 0 Å². The molecule has 1 radical (unpaired) electrons. The maximum atomic E-state index is 11.9. The molecule has 161 valence electrons. The van der Waals surface area contributed by atoms with Crippen molar-refractivity contribution in [2.45, 2.75) is 23.6 Å². The Morgan fingerprint density at radius 3 is 1.63 bits per heavy atom. The van der Waals surface area contributed by atoms with Gasteiger partial charge in [-0.15, -0.1) is 5.69 Å². The first-order valence-electron chi connectivity index (χ1n) is 8.36. The van der Waals surface area contributed by atoms with E-state index in [4.69, 9.17) is 15.1 Å². The van der Waals surface area contributed by atoms with Crippen molar-refractivity contribution in [3.05, 3.63) is 94.8 Å². The number of hydrogen-bond donors (Lipinski definition) is 0. The fourth-order valence-electron chi connectivity index (χ4n) is 2.15. The molecule has 0 aliphatic heterocycles.